The van der Waals surface area contributed by atoms with Crippen molar-refractivity contribution in [3.8, 4) is 5.75 Å². The third-order valence-corrected chi connectivity index (χ3v) is 4.63. The van der Waals surface area contributed by atoms with Crippen LogP contribution in [-0.2, 0) is 6.54 Å². The molecule has 2 aromatic rings. The molecule has 0 N–H and O–H groups in total. The minimum Gasteiger partial charge on any atom is -0.494 e. The van der Waals surface area contributed by atoms with E-state index in [9.17, 15) is 4.39 Å². The summed E-state index contributed by atoms with van der Waals surface area (Å²) in [5, 5.41) is 0. The molecule has 0 bridgehead atoms. The van der Waals surface area contributed by atoms with Gasteiger partial charge in [-0.15, -0.1) is 0 Å². The van der Waals surface area contributed by atoms with E-state index < -0.39 is 0 Å². The Labute approximate surface area is 148 Å². The number of hydrogen-bond donors (Lipinski definition) is 0. The zero-order valence-corrected chi connectivity index (χ0v) is 14.9. The molecule has 1 saturated heterocycles. The van der Waals surface area contributed by atoms with Gasteiger partial charge in [-0.3, -0.25) is 4.90 Å². The van der Waals surface area contributed by atoms with Gasteiger partial charge in [0.05, 0.1) is 19.3 Å². The Balaban J connectivity index is 1.34. The summed E-state index contributed by atoms with van der Waals surface area (Å²) in [5.41, 5.74) is 0. The normalized spacial score (nSPS) is 18.2. The van der Waals surface area contributed by atoms with Gasteiger partial charge in [-0.25, -0.2) is 9.37 Å². The molecule has 1 aromatic heterocycles. The zero-order valence-electron chi connectivity index (χ0n) is 14.9. The molecule has 0 saturated carbocycles. The second-order valence-electron chi connectivity index (χ2n) is 6.68. The zero-order chi connectivity index (χ0) is 17.6. The summed E-state index contributed by atoms with van der Waals surface area (Å²) < 4.78 is 24.1. The van der Waals surface area contributed by atoms with Crippen molar-refractivity contribution in [3.63, 3.8) is 0 Å². The number of nitrogens with zero attached hydrogens (tertiary/aromatic N) is 3. The van der Waals surface area contributed by atoms with Crippen molar-refractivity contribution in [2.75, 3.05) is 33.3 Å². The van der Waals surface area contributed by atoms with Crippen LogP contribution in [0.15, 0.2) is 34.9 Å². The summed E-state index contributed by atoms with van der Waals surface area (Å²) in [4.78, 5) is 9.07. The van der Waals surface area contributed by atoms with Crippen LogP contribution in [0.5, 0.6) is 5.75 Å². The predicted molar refractivity (Wildman–Crippen MR) is 94.1 cm³/mol. The Hall–Kier alpha value is -1.92. The van der Waals surface area contributed by atoms with Crippen LogP contribution in [0, 0.1) is 12.7 Å². The molecule has 0 amide bonds. The number of likely N-dealkylation sites (N-methyl/N-ethyl adjacent to an activating group) is 1. The van der Waals surface area contributed by atoms with E-state index in [1.165, 1.54) is 12.1 Å². The number of halogens is 1. The minimum absolute atomic E-state index is 0.237. The summed E-state index contributed by atoms with van der Waals surface area (Å²) >= 11 is 0. The molecular formula is C19H26FN3O2. The van der Waals surface area contributed by atoms with Gasteiger partial charge in [0, 0.05) is 19.1 Å². The maximum atomic E-state index is 12.8. The fraction of sp³-hybridized carbons (Fsp3) is 0.526. The average molecular weight is 347 g/mol. The molecule has 136 valence electrons. The van der Waals surface area contributed by atoms with Crippen LogP contribution in [0.3, 0.4) is 0 Å². The Kier molecular flexibility index (Phi) is 6.04. The largest absolute Gasteiger partial charge is 0.494 e. The third-order valence-electron chi connectivity index (χ3n) is 4.63. The Bertz CT molecular complexity index is 659. The maximum absolute atomic E-state index is 12.8. The van der Waals surface area contributed by atoms with E-state index in [-0.39, 0.29) is 5.82 Å². The van der Waals surface area contributed by atoms with E-state index in [4.69, 9.17) is 9.15 Å². The first-order valence-electron chi connectivity index (χ1n) is 8.82. The fourth-order valence-corrected chi connectivity index (χ4v) is 3.20. The summed E-state index contributed by atoms with van der Waals surface area (Å²) in [6.45, 7) is 6.51. The number of benzene rings is 1. The van der Waals surface area contributed by atoms with Crippen LogP contribution >= 0.6 is 0 Å². The van der Waals surface area contributed by atoms with Crippen LogP contribution in [0.4, 0.5) is 4.39 Å². The quantitative estimate of drug-likeness (QED) is 0.687. The van der Waals surface area contributed by atoms with Crippen molar-refractivity contribution < 1.29 is 13.5 Å². The van der Waals surface area contributed by atoms with Gasteiger partial charge in [-0.1, -0.05) is 0 Å². The number of oxazole rings is 1. The van der Waals surface area contributed by atoms with E-state index in [1.54, 1.807) is 18.3 Å². The molecule has 0 radical (unpaired) electrons. The summed E-state index contributed by atoms with van der Waals surface area (Å²) in [6.07, 6.45) is 3.90. The van der Waals surface area contributed by atoms with E-state index in [0.717, 1.165) is 56.4 Å². The van der Waals surface area contributed by atoms with Gasteiger partial charge >= 0.3 is 0 Å². The van der Waals surface area contributed by atoms with Crippen LogP contribution < -0.4 is 4.74 Å². The molecule has 1 atom stereocenters. The van der Waals surface area contributed by atoms with Gasteiger partial charge in [0.2, 0.25) is 5.89 Å². The smallest absolute Gasteiger partial charge is 0.208 e. The highest BCUT2D eigenvalue weighted by atomic mass is 19.1. The van der Waals surface area contributed by atoms with Crippen molar-refractivity contribution >= 4 is 0 Å². The third kappa shape index (κ3) is 5.28. The molecule has 0 spiro atoms. The van der Waals surface area contributed by atoms with Gasteiger partial charge in [0.15, 0.2) is 0 Å². The van der Waals surface area contributed by atoms with Gasteiger partial charge in [-0.2, -0.15) is 0 Å². The van der Waals surface area contributed by atoms with Crippen molar-refractivity contribution in [2.45, 2.75) is 32.4 Å². The predicted octanol–water partition coefficient (Wildman–Crippen LogP) is 3.10. The first kappa shape index (κ1) is 17.9. The second-order valence-corrected chi connectivity index (χ2v) is 6.68. The standard InChI is InChI=1S/C19H26FN3O2/c1-15-12-21-19(25-15)14-22(2)17-8-10-23(13-17)9-3-11-24-18-6-4-16(20)5-7-18/h4-7,12,17H,3,8-11,13-14H2,1-2H3/t17-/m1/s1. The lowest BCUT2D eigenvalue weighted by molar-refractivity contribution is 0.201. The molecule has 3 rings (SSSR count). The average Bonchev–Trinajstić information content (AvgIpc) is 3.22. The lowest BCUT2D eigenvalue weighted by atomic mass is 10.2. The van der Waals surface area contributed by atoms with Crippen LogP contribution in [0.25, 0.3) is 0 Å². The van der Waals surface area contributed by atoms with Gasteiger partial charge in [-0.05, 0) is 57.6 Å². The number of aromatic nitrogens is 1. The van der Waals surface area contributed by atoms with E-state index in [1.807, 2.05) is 6.92 Å². The highest BCUT2D eigenvalue weighted by molar-refractivity contribution is 5.21. The van der Waals surface area contributed by atoms with Crippen molar-refractivity contribution in [2.24, 2.45) is 0 Å². The number of aryl methyl sites for hydroxylation is 1. The summed E-state index contributed by atoms with van der Waals surface area (Å²) in [5.74, 6) is 2.13. The second kappa shape index (κ2) is 8.45. The van der Waals surface area contributed by atoms with E-state index in [0.29, 0.717) is 12.6 Å². The Morgan fingerprint density at radius 1 is 1.36 bits per heavy atom. The molecule has 1 aliphatic heterocycles. The lowest BCUT2D eigenvalue weighted by Crippen LogP contribution is -2.34. The first-order valence-corrected chi connectivity index (χ1v) is 8.82. The fourth-order valence-electron chi connectivity index (χ4n) is 3.20. The number of rotatable bonds is 8. The Morgan fingerprint density at radius 3 is 2.88 bits per heavy atom. The monoisotopic (exact) mass is 347 g/mol. The van der Waals surface area contributed by atoms with E-state index >= 15 is 0 Å². The number of likely N-dealkylation sites (tertiary alicyclic amines) is 1. The molecule has 0 unspecified atom stereocenters. The summed E-state index contributed by atoms with van der Waals surface area (Å²) in [6, 6.07) is 6.71. The molecule has 6 heteroatoms. The number of ether oxygens (including phenoxy) is 1. The molecule has 1 fully saturated rings. The SMILES string of the molecule is Cc1cnc(CN(C)[C@@H]2CCN(CCCOc3ccc(F)cc3)C2)o1. The van der Waals surface area contributed by atoms with Gasteiger partial charge in [0.25, 0.3) is 0 Å². The maximum Gasteiger partial charge on any atom is 0.208 e. The molecule has 1 aromatic carbocycles. The van der Waals surface area contributed by atoms with Crippen molar-refractivity contribution in [1.82, 2.24) is 14.8 Å². The highest BCUT2D eigenvalue weighted by Gasteiger charge is 2.26. The molecular weight excluding hydrogens is 321 g/mol. The van der Waals surface area contributed by atoms with Gasteiger partial charge < -0.3 is 14.1 Å². The van der Waals surface area contributed by atoms with Gasteiger partial charge in [0.1, 0.15) is 17.3 Å². The Morgan fingerprint density at radius 2 is 2.16 bits per heavy atom. The topological polar surface area (TPSA) is 41.7 Å². The molecule has 25 heavy (non-hydrogen) atoms. The lowest BCUT2D eigenvalue weighted by Gasteiger charge is -2.23. The molecule has 1 aliphatic rings. The van der Waals surface area contributed by atoms with Crippen molar-refractivity contribution in [1.29, 1.82) is 0 Å². The number of hydrogen-bond acceptors (Lipinski definition) is 5. The first-order chi connectivity index (χ1) is 12.1. The molecule has 2 heterocycles. The van der Waals surface area contributed by atoms with Crippen LogP contribution in [0.1, 0.15) is 24.5 Å². The molecule has 0 aliphatic carbocycles. The van der Waals surface area contributed by atoms with E-state index in [2.05, 4.69) is 21.8 Å². The van der Waals surface area contributed by atoms with Crippen LogP contribution in [-0.4, -0.2) is 54.1 Å². The van der Waals surface area contributed by atoms with Crippen molar-refractivity contribution in [3.05, 3.63) is 47.9 Å². The van der Waals surface area contributed by atoms with Crippen LogP contribution in [0.2, 0.25) is 0 Å². The minimum atomic E-state index is -0.237. The molecule has 5 nitrogen and oxygen atoms in total. The highest BCUT2D eigenvalue weighted by Crippen LogP contribution is 2.17. The summed E-state index contributed by atoms with van der Waals surface area (Å²) in [7, 11) is 2.13.